The largest absolute Gasteiger partial charge is 0.435 e. The molecule has 0 spiro atoms. The van der Waals surface area contributed by atoms with Crippen molar-refractivity contribution in [3.05, 3.63) is 70.7 Å². The molecule has 0 radical (unpaired) electrons. The number of unbranched alkanes of at least 4 members (excludes halogenated alkanes) is 3. The topological polar surface area (TPSA) is 139 Å². The third-order valence-corrected chi connectivity index (χ3v) is 8.52. The van der Waals surface area contributed by atoms with E-state index in [9.17, 15) is 32.3 Å². The van der Waals surface area contributed by atoms with Gasteiger partial charge in [-0.25, -0.2) is 9.97 Å². The average Bonchev–Trinajstić information content (AvgIpc) is 3.45. The Labute approximate surface area is 267 Å². The van der Waals surface area contributed by atoms with Gasteiger partial charge in [-0.3, -0.25) is 34.1 Å². The fourth-order valence-electron chi connectivity index (χ4n) is 6.18. The fourth-order valence-corrected chi connectivity index (χ4v) is 6.18. The Bertz CT molecular complexity index is 1920. The van der Waals surface area contributed by atoms with Crippen molar-refractivity contribution in [2.24, 2.45) is 0 Å². The molecule has 1 unspecified atom stereocenters. The molecule has 0 bridgehead atoms. The van der Waals surface area contributed by atoms with Crippen molar-refractivity contribution in [2.75, 3.05) is 11.9 Å². The van der Waals surface area contributed by atoms with Crippen molar-refractivity contribution in [1.29, 1.82) is 0 Å². The van der Waals surface area contributed by atoms with E-state index < -0.39 is 41.5 Å². The lowest BCUT2D eigenvalue weighted by Gasteiger charge is -2.27. The number of nitrogens with zero attached hydrogens (tertiary/aromatic N) is 5. The first-order valence-electron chi connectivity index (χ1n) is 15.4. The number of amides is 4. The van der Waals surface area contributed by atoms with Gasteiger partial charge in [0.25, 0.3) is 11.8 Å². The van der Waals surface area contributed by atoms with E-state index in [2.05, 4.69) is 25.7 Å². The summed E-state index contributed by atoms with van der Waals surface area (Å²) in [5.74, 6) is -2.18. The molecular weight excluding hydrogens is 615 g/mol. The number of piperidine rings is 1. The molecule has 4 amide bonds. The number of nitrogens with one attached hydrogen (secondary N) is 2. The Balaban J connectivity index is 1.02. The molecule has 14 heteroatoms. The number of para-hydroxylation sites is 2. The van der Waals surface area contributed by atoms with Crippen molar-refractivity contribution in [2.45, 2.75) is 71.1 Å². The number of carbonyl (C=O) groups excluding carboxylic acids is 4. The van der Waals surface area contributed by atoms with Gasteiger partial charge in [-0.15, -0.1) is 0 Å². The number of aromatic nitrogens is 4. The maximum Gasteiger partial charge on any atom is 0.435 e. The highest BCUT2D eigenvalue weighted by Gasteiger charge is 2.44. The minimum absolute atomic E-state index is 0.0577. The lowest BCUT2D eigenvalue weighted by molar-refractivity contribution is -0.140. The van der Waals surface area contributed by atoms with E-state index in [1.54, 1.807) is 54.9 Å². The quantitative estimate of drug-likeness (QED) is 0.177. The second-order valence-electron chi connectivity index (χ2n) is 11.7. The van der Waals surface area contributed by atoms with Crippen LogP contribution in [-0.2, 0) is 22.3 Å². The SMILES string of the molecule is Cc1nn(CCCCCCNc2ccc3c(c2)C(=O)N(C2CCC(=O)NC2=O)C3=O)c(C)c1-c1nc2ccccc2nc1C(F)(F)F. The van der Waals surface area contributed by atoms with E-state index in [1.165, 1.54) is 6.07 Å². The first-order chi connectivity index (χ1) is 22.4. The van der Waals surface area contributed by atoms with E-state index in [-0.39, 0.29) is 35.2 Å². The number of benzene rings is 2. The van der Waals surface area contributed by atoms with E-state index in [4.69, 9.17) is 0 Å². The van der Waals surface area contributed by atoms with Gasteiger partial charge >= 0.3 is 6.18 Å². The predicted octanol–water partition coefficient (Wildman–Crippen LogP) is 5.20. The summed E-state index contributed by atoms with van der Waals surface area (Å²) >= 11 is 0. The van der Waals surface area contributed by atoms with Gasteiger partial charge in [-0.1, -0.05) is 25.0 Å². The maximum absolute atomic E-state index is 14.0. The summed E-state index contributed by atoms with van der Waals surface area (Å²) in [5, 5.41) is 9.98. The lowest BCUT2D eigenvalue weighted by Crippen LogP contribution is -2.54. The molecular formula is C33H32F3N7O4. The Hall–Kier alpha value is -5.14. The summed E-state index contributed by atoms with van der Waals surface area (Å²) < 4.78 is 43.7. The number of hydrogen-bond acceptors (Lipinski definition) is 8. The molecule has 1 atom stereocenters. The van der Waals surface area contributed by atoms with Gasteiger partial charge in [0.15, 0.2) is 5.69 Å². The van der Waals surface area contributed by atoms with E-state index in [1.807, 2.05) is 0 Å². The number of hydrogen-bond donors (Lipinski definition) is 2. The van der Waals surface area contributed by atoms with Crippen LogP contribution in [0.15, 0.2) is 42.5 Å². The average molecular weight is 648 g/mol. The molecule has 2 aliphatic heterocycles. The van der Waals surface area contributed by atoms with Gasteiger partial charge in [-0.2, -0.15) is 18.3 Å². The van der Waals surface area contributed by atoms with E-state index in [0.29, 0.717) is 41.2 Å². The van der Waals surface area contributed by atoms with E-state index >= 15 is 0 Å². The molecule has 2 aromatic heterocycles. The second-order valence-corrected chi connectivity index (χ2v) is 11.7. The van der Waals surface area contributed by atoms with Gasteiger partial charge in [0, 0.05) is 36.5 Å². The molecule has 1 fully saturated rings. The number of aryl methyl sites for hydroxylation is 2. The van der Waals surface area contributed by atoms with Crippen LogP contribution in [0.2, 0.25) is 0 Å². The number of carbonyl (C=O) groups is 4. The van der Waals surface area contributed by atoms with Crippen molar-refractivity contribution >= 4 is 40.3 Å². The fraction of sp³-hybridized carbons (Fsp3) is 0.364. The first-order valence-corrected chi connectivity index (χ1v) is 15.4. The molecule has 0 saturated carbocycles. The van der Waals surface area contributed by atoms with Crippen LogP contribution in [0.3, 0.4) is 0 Å². The molecule has 2 aromatic carbocycles. The highest BCUT2D eigenvalue weighted by atomic mass is 19.4. The van der Waals surface area contributed by atoms with Gasteiger partial charge < -0.3 is 5.32 Å². The minimum atomic E-state index is -4.68. The first kappa shape index (κ1) is 31.8. The summed E-state index contributed by atoms with van der Waals surface area (Å²) in [4.78, 5) is 58.9. The number of fused-ring (bicyclic) bond motifs is 2. The van der Waals surface area contributed by atoms with Crippen LogP contribution < -0.4 is 10.6 Å². The third-order valence-electron chi connectivity index (χ3n) is 8.52. The maximum atomic E-state index is 14.0. The summed E-state index contributed by atoms with van der Waals surface area (Å²) in [7, 11) is 0. The minimum Gasteiger partial charge on any atom is -0.385 e. The van der Waals surface area contributed by atoms with Crippen LogP contribution in [0.4, 0.5) is 18.9 Å². The number of imide groups is 2. The number of rotatable bonds is 10. The van der Waals surface area contributed by atoms with Crippen LogP contribution >= 0.6 is 0 Å². The number of anilines is 1. The normalized spacial score (nSPS) is 16.6. The third kappa shape index (κ3) is 6.19. The van der Waals surface area contributed by atoms with Crippen LogP contribution in [0.25, 0.3) is 22.3 Å². The standard InChI is InChI=1S/C33H32F3N7O4/c1-18-27(28-29(33(34,35)36)39-24-10-6-5-9-23(24)38-28)19(2)42(41-18)16-8-4-3-7-15-37-20-11-12-21-22(17-20)32(47)43(31(21)46)25-13-14-26(44)40-30(25)45/h5-6,9-12,17,25,37H,3-4,7-8,13-16H2,1-2H3,(H,40,44,45). The molecule has 1 saturated heterocycles. The molecule has 2 aliphatic rings. The molecule has 11 nitrogen and oxygen atoms in total. The highest BCUT2D eigenvalue weighted by molar-refractivity contribution is 6.23. The van der Waals surface area contributed by atoms with Gasteiger partial charge in [0.2, 0.25) is 11.8 Å². The second kappa shape index (κ2) is 12.6. The molecule has 2 N–H and O–H groups in total. The number of alkyl halides is 3. The molecule has 47 heavy (non-hydrogen) atoms. The molecule has 6 rings (SSSR count). The molecule has 0 aliphatic carbocycles. The summed E-state index contributed by atoms with van der Waals surface area (Å²) in [6.07, 6.45) is -1.21. The Morgan fingerprint density at radius 3 is 2.34 bits per heavy atom. The highest BCUT2D eigenvalue weighted by Crippen LogP contribution is 2.38. The monoisotopic (exact) mass is 647 g/mol. The van der Waals surface area contributed by atoms with Crippen LogP contribution in [0.1, 0.15) is 76.3 Å². The van der Waals surface area contributed by atoms with Crippen molar-refractivity contribution in [3.8, 4) is 11.3 Å². The summed E-state index contributed by atoms with van der Waals surface area (Å²) in [6, 6.07) is 10.3. The van der Waals surface area contributed by atoms with Gasteiger partial charge in [0.05, 0.1) is 27.9 Å². The molecule has 244 valence electrons. The van der Waals surface area contributed by atoms with Crippen LogP contribution in [0, 0.1) is 13.8 Å². The van der Waals surface area contributed by atoms with Crippen LogP contribution in [-0.4, -0.2) is 60.9 Å². The predicted molar refractivity (Wildman–Crippen MR) is 165 cm³/mol. The molecule has 4 aromatic rings. The van der Waals surface area contributed by atoms with Gasteiger partial charge in [0.1, 0.15) is 11.7 Å². The molecule has 4 heterocycles. The summed E-state index contributed by atoms with van der Waals surface area (Å²) in [5.41, 5.74) is 1.81. The zero-order chi connectivity index (χ0) is 33.5. The van der Waals surface area contributed by atoms with Crippen molar-refractivity contribution < 1.29 is 32.3 Å². The van der Waals surface area contributed by atoms with Crippen molar-refractivity contribution in [3.63, 3.8) is 0 Å². The zero-order valence-electron chi connectivity index (χ0n) is 25.8. The number of halogens is 3. The zero-order valence-corrected chi connectivity index (χ0v) is 25.8. The smallest absolute Gasteiger partial charge is 0.385 e. The Morgan fingerprint density at radius 1 is 0.915 bits per heavy atom. The van der Waals surface area contributed by atoms with Crippen molar-refractivity contribution in [1.82, 2.24) is 30.0 Å². The van der Waals surface area contributed by atoms with Gasteiger partial charge in [-0.05, 0) is 63.4 Å². The Kier molecular flexibility index (Phi) is 8.51. The van der Waals surface area contributed by atoms with E-state index in [0.717, 1.165) is 30.6 Å². The summed E-state index contributed by atoms with van der Waals surface area (Å²) in [6.45, 7) is 4.57. The van der Waals surface area contributed by atoms with Crippen LogP contribution in [0.5, 0.6) is 0 Å². The lowest BCUT2D eigenvalue weighted by atomic mass is 10.0. The Morgan fingerprint density at radius 2 is 1.62 bits per heavy atom.